The molecule has 0 atom stereocenters. The lowest BCUT2D eigenvalue weighted by atomic mass is 10.1. The average Bonchev–Trinajstić information content (AvgIpc) is 3.06. The molecule has 3 aromatic rings. The predicted molar refractivity (Wildman–Crippen MR) is 108 cm³/mol. The molecule has 1 aromatic carbocycles. The number of fused-ring (bicyclic) bond motifs is 1. The molecule has 0 radical (unpaired) electrons. The van der Waals surface area contributed by atoms with E-state index in [0.717, 1.165) is 0 Å². The minimum atomic E-state index is -0.511. The zero-order chi connectivity index (χ0) is 21.2. The first-order valence-electron chi connectivity index (χ1n) is 8.99. The number of pyridine rings is 1. The molecule has 0 aliphatic carbocycles. The fraction of sp³-hybridized carbons (Fsp3) is 0.238. The van der Waals surface area contributed by atoms with Gasteiger partial charge in [-0.3, -0.25) is 14.0 Å². The molecular formula is C21H22N4O4. The van der Waals surface area contributed by atoms with E-state index < -0.39 is 17.4 Å². The van der Waals surface area contributed by atoms with Crippen molar-refractivity contribution in [2.45, 2.75) is 26.3 Å². The smallest absolute Gasteiger partial charge is 0.337 e. The van der Waals surface area contributed by atoms with Gasteiger partial charge in [0.05, 0.1) is 18.2 Å². The number of methoxy groups -OCH3 is 1. The van der Waals surface area contributed by atoms with Crippen molar-refractivity contribution in [2.24, 2.45) is 0 Å². The fourth-order valence-electron chi connectivity index (χ4n) is 2.79. The van der Waals surface area contributed by atoms with Crippen LogP contribution < -0.4 is 10.6 Å². The van der Waals surface area contributed by atoms with Crippen molar-refractivity contribution in [1.82, 2.24) is 14.7 Å². The minimum Gasteiger partial charge on any atom is -0.465 e. The Morgan fingerprint density at radius 2 is 1.79 bits per heavy atom. The summed E-state index contributed by atoms with van der Waals surface area (Å²) < 4.78 is 6.25. The van der Waals surface area contributed by atoms with E-state index in [9.17, 15) is 14.4 Å². The van der Waals surface area contributed by atoms with Crippen molar-refractivity contribution in [3.8, 4) is 0 Å². The Balaban J connectivity index is 1.95. The highest BCUT2D eigenvalue weighted by atomic mass is 16.5. The standard InChI is InChI=1S/C21H22N4O4/c1-21(2,3)24-18(26)16-15-10-5-6-11-25(15)17(23-16)19(27)22-14-9-7-8-13(12-14)20(28)29-4/h5-12H,1-4H3,(H,22,27)(H,24,26). The van der Waals surface area contributed by atoms with Crippen LogP contribution in [-0.4, -0.2) is 39.8 Å². The number of rotatable bonds is 4. The van der Waals surface area contributed by atoms with Gasteiger partial charge >= 0.3 is 5.97 Å². The number of hydrogen-bond acceptors (Lipinski definition) is 5. The van der Waals surface area contributed by atoms with E-state index in [1.54, 1.807) is 47.0 Å². The minimum absolute atomic E-state index is 0.0585. The highest BCUT2D eigenvalue weighted by Crippen LogP contribution is 2.17. The Hall–Kier alpha value is -3.68. The number of amides is 2. The largest absolute Gasteiger partial charge is 0.465 e. The molecule has 2 amide bonds. The number of benzene rings is 1. The van der Waals surface area contributed by atoms with Crippen LogP contribution in [-0.2, 0) is 4.74 Å². The quantitative estimate of drug-likeness (QED) is 0.663. The normalized spacial score (nSPS) is 11.2. The van der Waals surface area contributed by atoms with E-state index in [0.29, 0.717) is 16.8 Å². The average molecular weight is 394 g/mol. The summed E-state index contributed by atoms with van der Waals surface area (Å²) in [5.74, 6) is -1.33. The van der Waals surface area contributed by atoms with Gasteiger partial charge in [-0.25, -0.2) is 9.78 Å². The summed E-state index contributed by atoms with van der Waals surface area (Å²) in [6, 6.07) is 11.6. The number of imidazole rings is 1. The highest BCUT2D eigenvalue weighted by Gasteiger charge is 2.24. The van der Waals surface area contributed by atoms with Gasteiger partial charge < -0.3 is 15.4 Å². The second-order valence-corrected chi connectivity index (χ2v) is 7.47. The second kappa shape index (κ2) is 7.75. The van der Waals surface area contributed by atoms with Gasteiger partial charge in [0.2, 0.25) is 5.82 Å². The number of anilines is 1. The molecule has 2 heterocycles. The van der Waals surface area contributed by atoms with E-state index in [1.165, 1.54) is 13.2 Å². The lowest BCUT2D eigenvalue weighted by Crippen LogP contribution is -2.40. The zero-order valence-electron chi connectivity index (χ0n) is 16.6. The molecule has 8 nitrogen and oxygen atoms in total. The zero-order valence-corrected chi connectivity index (χ0v) is 16.6. The second-order valence-electron chi connectivity index (χ2n) is 7.47. The predicted octanol–water partition coefficient (Wildman–Crippen LogP) is 2.90. The van der Waals surface area contributed by atoms with Crippen LogP contribution in [0.5, 0.6) is 0 Å². The van der Waals surface area contributed by atoms with E-state index in [2.05, 4.69) is 15.6 Å². The molecule has 150 valence electrons. The Kier molecular flexibility index (Phi) is 5.36. The molecular weight excluding hydrogens is 372 g/mol. The first-order chi connectivity index (χ1) is 13.7. The number of esters is 1. The van der Waals surface area contributed by atoms with Crippen LogP contribution in [0.15, 0.2) is 48.7 Å². The van der Waals surface area contributed by atoms with Crippen LogP contribution >= 0.6 is 0 Å². The number of hydrogen-bond donors (Lipinski definition) is 2. The van der Waals surface area contributed by atoms with E-state index in [1.807, 2.05) is 20.8 Å². The molecule has 0 fully saturated rings. The van der Waals surface area contributed by atoms with Gasteiger partial charge in [-0.05, 0) is 51.1 Å². The molecule has 0 spiro atoms. The first-order valence-corrected chi connectivity index (χ1v) is 8.99. The van der Waals surface area contributed by atoms with E-state index in [4.69, 9.17) is 4.74 Å². The van der Waals surface area contributed by atoms with Gasteiger partial charge in [0.15, 0.2) is 5.69 Å². The van der Waals surface area contributed by atoms with Gasteiger partial charge in [-0.1, -0.05) is 12.1 Å². The van der Waals surface area contributed by atoms with Gasteiger partial charge in [-0.2, -0.15) is 0 Å². The van der Waals surface area contributed by atoms with Crippen molar-refractivity contribution in [3.05, 3.63) is 65.7 Å². The SMILES string of the molecule is COC(=O)c1cccc(NC(=O)c2nc(C(=O)NC(C)(C)C)c3ccccn23)c1. The number of ether oxygens (including phenoxy) is 1. The number of carbonyl (C=O) groups is 3. The molecule has 2 aromatic heterocycles. The maximum atomic E-state index is 12.9. The topological polar surface area (TPSA) is 102 Å². The molecule has 0 saturated carbocycles. The van der Waals surface area contributed by atoms with Crippen molar-refractivity contribution >= 4 is 29.0 Å². The first kappa shape index (κ1) is 20.1. The Morgan fingerprint density at radius 1 is 1.03 bits per heavy atom. The number of nitrogens with one attached hydrogen (secondary N) is 2. The Labute approximate surface area is 167 Å². The van der Waals surface area contributed by atoms with Crippen LogP contribution in [0.2, 0.25) is 0 Å². The van der Waals surface area contributed by atoms with Crippen LogP contribution in [0.25, 0.3) is 5.52 Å². The summed E-state index contributed by atoms with van der Waals surface area (Å²) in [5, 5.41) is 5.57. The molecule has 0 aliphatic heterocycles. The summed E-state index contributed by atoms with van der Waals surface area (Å²) >= 11 is 0. The van der Waals surface area contributed by atoms with Gasteiger partial charge in [0.1, 0.15) is 0 Å². The number of aromatic nitrogens is 2. The molecule has 8 heteroatoms. The lowest BCUT2D eigenvalue weighted by molar-refractivity contribution is 0.0600. The summed E-state index contributed by atoms with van der Waals surface area (Å²) in [4.78, 5) is 41.5. The van der Waals surface area contributed by atoms with E-state index >= 15 is 0 Å². The lowest BCUT2D eigenvalue weighted by Gasteiger charge is -2.19. The third-order valence-corrected chi connectivity index (χ3v) is 4.00. The molecule has 0 unspecified atom stereocenters. The van der Waals surface area contributed by atoms with Gasteiger partial charge in [0, 0.05) is 17.4 Å². The fourth-order valence-corrected chi connectivity index (χ4v) is 2.79. The van der Waals surface area contributed by atoms with Gasteiger partial charge in [0.25, 0.3) is 11.8 Å². The number of nitrogens with zero attached hydrogens (tertiary/aromatic N) is 2. The van der Waals surface area contributed by atoms with Crippen LogP contribution in [0, 0.1) is 0 Å². The van der Waals surface area contributed by atoms with Crippen molar-refractivity contribution in [2.75, 3.05) is 12.4 Å². The molecule has 3 rings (SSSR count). The summed E-state index contributed by atoms with van der Waals surface area (Å²) in [6.45, 7) is 5.60. The molecule has 0 saturated heterocycles. The van der Waals surface area contributed by atoms with Crippen molar-refractivity contribution < 1.29 is 19.1 Å². The van der Waals surface area contributed by atoms with Gasteiger partial charge in [-0.15, -0.1) is 0 Å². The molecule has 0 bridgehead atoms. The van der Waals surface area contributed by atoms with E-state index in [-0.39, 0.29) is 17.4 Å². The van der Waals surface area contributed by atoms with Crippen molar-refractivity contribution in [1.29, 1.82) is 0 Å². The molecule has 0 aliphatic rings. The van der Waals surface area contributed by atoms with Crippen LogP contribution in [0.3, 0.4) is 0 Å². The monoisotopic (exact) mass is 394 g/mol. The summed E-state index contributed by atoms with van der Waals surface area (Å²) in [7, 11) is 1.29. The molecule has 2 N–H and O–H groups in total. The Morgan fingerprint density at radius 3 is 2.48 bits per heavy atom. The summed E-state index contributed by atoms with van der Waals surface area (Å²) in [6.07, 6.45) is 1.66. The van der Waals surface area contributed by atoms with Crippen LogP contribution in [0.4, 0.5) is 5.69 Å². The summed E-state index contributed by atoms with van der Waals surface area (Å²) in [5.41, 5.74) is 0.949. The van der Waals surface area contributed by atoms with Crippen molar-refractivity contribution in [3.63, 3.8) is 0 Å². The Bertz CT molecular complexity index is 1100. The maximum Gasteiger partial charge on any atom is 0.337 e. The maximum absolute atomic E-state index is 12.9. The third-order valence-electron chi connectivity index (χ3n) is 4.00. The highest BCUT2D eigenvalue weighted by molar-refractivity contribution is 6.06. The number of carbonyl (C=O) groups excluding carboxylic acids is 3. The third kappa shape index (κ3) is 4.43. The van der Waals surface area contributed by atoms with Crippen LogP contribution in [0.1, 0.15) is 52.2 Å². The molecule has 29 heavy (non-hydrogen) atoms.